The largest absolute Gasteiger partial charge is 0.497 e. The zero-order valence-electron chi connectivity index (χ0n) is 15.4. The van der Waals surface area contributed by atoms with Crippen LogP contribution in [0.2, 0.25) is 5.02 Å². The summed E-state index contributed by atoms with van der Waals surface area (Å²) in [4.78, 5) is 28.4. The third kappa shape index (κ3) is 6.23. The zero-order chi connectivity index (χ0) is 20.6. The maximum Gasteiger partial charge on any atom is 0.251 e. The number of thioether (sulfide) groups is 1. The van der Waals surface area contributed by atoms with Crippen molar-refractivity contribution in [3.63, 3.8) is 0 Å². The molecule has 150 valence electrons. The van der Waals surface area contributed by atoms with Gasteiger partial charge in [0.15, 0.2) is 0 Å². The number of H-pyrrole nitrogens is 1. The van der Waals surface area contributed by atoms with Gasteiger partial charge in [-0.25, -0.2) is 4.98 Å². The van der Waals surface area contributed by atoms with Crippen molar-refractivity contribution in [3.05, 3.63) is 64.9 Å². The number of carbonyl (C=O) groups is 2. The summed E-state index contributed by atoms with van der Waals surface area (Å²) in [5.41, 5.74) is 1.18. The van der Waals surface area contributed by atoms with Crippen molar-refractivity contribution < 1.29 is 14.3 Å². The molecule has 3 aromatic rings. The summed E-state index contributed by atoms with van der Waals surface area (Å²) in [6, 6.07) is 13.6. The van der Waals surface area contributed by atoms with Crippen molar-refractivity contribution in [2.75, 3.05) is 18.2 Å². The molecule has 3 rings (SSSR count). The van der Waals surface area contributed by atoms with E-state index in [9.17, 15) is 9.59 Å². The number of rotatable bonds is 8. The molecule has 0 saturated heterocycles. The van der Waals surface area contributed by atoms with Crippen LogP contribution in [0, 0.1) is 0 Å². The van der Waals surface area contributed by atoms with Crippen LogP contribution < -0.4 is 15.4 Å². The molecule has 3 N–H and O–H groups in total. The highest BCUT2D eigenvalue weighted by atomic mass is 35.5. The van der Waals surface area contributed by atoms with Crippen molar-refractivity contribution in [1.29, 1.82) is 0 Å². The summed E-state index contributed by atoms with van der Waals surface area (Å²) < 4.78 is 5.08. The summed E-state index contributed by atoms with van der Waals surface area (Å²) >= 11 is 7.00. The maximum atomic E-state index is 12.1. The molecule has 0 saturated carbocycles. The monoisotopic (exact) mass is 431 g/mol. The summed E-state index contributed by atoms with van der Waals surface area (Å²) in [7, 11) is 1.58. The van der Waals surface area contributed by atoms with Crippen LogP contribution in [0.4, 0.5) is 5.69 Å². The second kappa shape index (κ2) is 9.94. The molecule has 1 heterocycles. The van der Waals surface area contributed by atoms with E-state index in [4.69, 9.17) is 16.3 Å². The number of halogens is 1. The van der Waals surface area contributed by atoms with Gasteiger partial charge in [0.05, 0.1) is 19.4 Å². The van der Waals surface area contributed by atoms with E-state index in [2.05, 4.69) is 25.8 Å². The van der Waals surface area contributed by atoms with Crippen LogP contribution >= 0.6 is 23.4 Å². The van der Waals surface area contributed by atoms with Crippen LogP contribution in [0.1, 0.15) is 16.2 Å². The summed E-state index contributed by atoms with van der Waals surface area (Å²) in [5.74, 6) is 0.938. The fraction of sp³-hybridized carbons (Fsp3) is 0.158. The molecule has 0 atom stereocenters. The van der Waals surface area contributed by atoms with E-state index >= 15 is 0 Å². The van der Waals surface area contributed by atoms with E-state index in [1.807, 2.05) is 0 Å². The Morgan fingerprint density at radius 1 is 1.14 bits per heavy atom. The number of aromatic amines is 1. The number of ether oxygens (including phenoxy) is 1. The Morgan fingerprint density at radius 3 is 2.55 bits per heavy atom. The molecule has 0 aliphatic heterocycles. The van der Waals surface area contributed by atoms with E-state index in [1.165, 1.54) is 11.8 Å². The van der Waals surface area contributed by atoms with E-state index in [0.717, 1.165) is 0 Å². The quantitative estimate of drug-likeness (QED) is 0.473. The highest BCUT2D eigenvalue weighted by Crippen LogP contribution is 2.17. The van der Waals surface area contributed by atoms with Crippen LogP contribution in [-0.2, 0) is 11.3 Å². The molecule has 0 spiro atoms. The fourth-order valence-corrected chi connectivity index (χ4v) is 3.03. The Morgan fingerprint density at radius 2 is 1.86 bits per heavy atom. The van der Waals surface area contributed by atoms with E-state index in [-0.39, 0.29) is 24.1 Å². The standard InChI is InChI=1S/C19H18ClN5O3S/c1-28-15-8-6-14(7-9-15)22-17(26)11-29-19-23-16(24-25-19)10-21-18(27)12-2-4-13(20)5-3-12/h2-9H,10-11H2,1H3,(H,21,27)(H,22,26)(H,23,24,25). The third-order valence-electron chi connectivity index (χ3n) is 3.74. The number of hydrogen-bond donors (Lipinski definition) is 3. The number of nitrogens with zero attached hydrogens (tertiary/aromatic N) is 2. The van der Waals surface area contributed by atoms with Crippen LogP contribution in [0.3, 0.4) is 0 Å². The Bertz CT molecular complexity index is 976. The molecule has 29 heavy (non-hydrogen) atoms. The van der Waals surface area contributed by atoms with E-state index in [0.29, 0.717) is 33.0 Å². The van der Waals surface area contributed by atoms with Crippen LogP contribution in [-0.4, -0.2) is 39.9 Å². The first-order valence-electron chi connectivity index (χ1n) is 8.55. The first-order chi connectivity index (χ1) is 14.0. The lowest BCUT2D eigenvalue weighted by Gasteiger charge is -2.05. The van der Waals surface area contributed by atoms with Gasteiger partial charge >= 0.3 is 0 Å². The molecule has 0 bridgehead atoms. The van der Waals surface area contributed by atoms with Crippen molar-refractivity contribution in [1.82, 2.24) is 20.5 Å². The summed E-state index contributed by atoms with van der Waals surface area (Å²) in [6.45, 7) is 0.188. The molecular weight excluding hydrogens is 414 g/mol. The molecule has 1 aromatic heterocycles. The minimum absolute atomic E-state index is 0.153. The highest BCUT2D eigenvalue weighted by Gasteiger charge is 2.10. The van der Waals surface area contributed by atoms with Gasteiger partial charge in [0.1, 0.15) is 11.6 Å². The van der Waals surface area contributed by atoms with Crippen molar-refractivity contribution in [2.45, 2.75) is 11.7 Å². The molecule has 0 radical (unpaired) electrons. The second-order valence-corrected chi connectivity index (χ2v) is 7.20. The SMILES string of the molecule is COc1ccc(NC(=O)CSc2n[nH]c(CNC(=O)c3ccc(Cl)cc3)n2)cc1. The molecule has 0 aliphatic rings. The smallest absolute Gasteiger partial charge is 0.251 e. The molecule has 8 nitrogen and oxygen atoms in total. The third-order valence-corrected chi connectivity index (χ3v) is 4.84. The first kappa shape index (κ1) is 20.7. The number of aromatic nitrogens is 3. The maximum absolute atomic E-state index is 12.1. The Balaban J connectivity index is 1.44. The molecule has 0 aliphatic carbocycles. The van der Waals surface area contributed by atoms with Gasteiger partial charge in [0.25, 0.3) is 5.91 Å². The minimum atomic E-state index is -0.244. The predicted molar refractivity (Wildman–Crippen MR) is 111 cm³/mol. The predicted octanol–water partition coefficient (Wildman–Crippen LogP) is 3.13. The van der Waals surface area contributed by atoms with Crippen molar-refractivity contribution in [2.24, 2.45) is 0 Å². The number of anilines is 1. The number of nitrogens with one attached hydrogen (secondary N) is 3. The van der Waals surface area contributed by atoms with E-state index in [1.54, 1.807) is 55.6 Å². The van der Waals surface area contributed by atoms with Gasteiger partial charge in [-0.1, -0.05) is 23.4 Å². The Labute approximate surface area is 176 Å². The number of benzene rings is 2. The zero-order valence-corrected chi connectivity index (χ0v) is 17.0. The molecule has 2 amide bonds. The fourth-order valence-electron chi connectivity index (χ4n) is 2.29. The number of hydrogen-bond acceptors (Lipinski definition) is 6. The second-order valence-electron chi connectivity index (χ2n) is 5.82. The summed E-state index contributed by atoms with van der Waals surface area (Å²) in [5, 5.41) is 13.3. The molecule has 0 unspecified atom stereocenters. The number of carbonyl (C=O) groups excluding carboxylic acids is 2. The Hall–Kier alpha value is -3.04. The summed E-state index contributed by atoms with van der Waals surface area (Å²) in [6.07, 6.45) is 0. The molecule has 2 aromatic carbocycles. The lowest BCUT2D eigenvalue weighted by Crippen LogP contribution is -2.23. The van der Waals surface area contributed by atoms with Gasteiger partial charge in [-0.2, -0.15) is 0 Å². The van der Waals surface area contributed by atoms with Gasteiger partial charge in [-0.15, -0.1) is 5.10 Å². The highest BCUT2D eigenvalue weighted by molar-refractivity contribution is 7.99. The number of methoxy groups -OCH3 is 1. The Kier molecular flexibility index (Phi) is 7.09. The van der Waals surface area contributed by atoms with Crippen molar-refractivity contribution in [3.8, 4) is 5.75 Å². The molecule has 10 heteroatoms. The first-order valence-corrected chi connectivity index (χ1v) is 9.91. The minimum Gasteiger partial charge on any atom is -0.497 e. The number of amides is 2. The molecule has 0 fully saturated rings. The van der Waals surface area contributed by atoms with Gasteiger partial charge in [0, 0.05) is 16.3 Å². The van der Waals surface area contributed by atoms with Crippen LogP contribution in [0.25, 0.3) is 0 Å². The topological polar surface area (TPSA) is 109 Å². The normalized spacial score (nSPS) is 10.4. The van der Waals surface area contributed by atoms with Crippen LogP contribution in [0.5, 0.6) is 5.75 Å². The lowest BCUT2D eigenvalue weighted by molar-refractivity contribution is -0.113. The van der Waals surface area contributed by atoms with Gasteiger partial charge in [0.2, 0.25) is 11.1 Å². The molecular formula is C19H18ClN5O3S. The van der Waals surface area contributed by atoms with Gasteiger partial charge in [-0.05, 0) is 48.5 Å². The van der Waals surface area contributed by atoms with Gasteiger partial charge in [-0.3, -0.25) is 14.7 Å². The van der Waals surface area contributed by atoms with Crippen LogP contribution in [0.15, 0.2) is 53.7 Å². The average Bonchev–Trinajstić information content (AvgIpc) is 3.19. The average molecular weight is 432 g/mol. The van der Waals surface area contributed by atoms with Gasteiger partial charge < -0.3 is 15.4 Å². The lowest BCUT2D eigenvalue weighted by atomic mass is 10.2. The van der Waals surface area contributed by atoms with Crippen molar-refractivity contribution >= 4 is 40.9 Å². The van der Waals surface area contributed by atoms with E-state index < -0.39 is 0 Å².